The van der Waals surface area contributed by atoms with Gasteiger partial charge in [-0.25, -0.2) is 0 Å². The third kappa shape index (κ3) is 2.68. The number of amides is 1. The van der Waals surface area contributed by atoms with Crippen molar-refractivity contribution in [1.82, 2.24) is 5.32 Å². The SMILES string of the molecule is COc1ccc(C(=O)NC2CCOC2)cc1O. The van der Waals surface area contributed by atoms with Crippen LogP contribution in [0.1, 0.15) is 16.8 Å². The molecule has 17 heavy (non-hydrogen) atoms. The second kappa shape index (κ2) is 5.05. The van der Waals surface area contributed by atoms with Crippen molar-refractivity contribution in [2.24, 2.45) is 0 Å². The summed E-state index contributed by atoms with van der Waals surface area (Å²) in [6.45, 7) is 1.23. The topological polar surface area (TPSA) is 67.8 Å². The molecule has 0 aromatic heterocycles. The number of aromatic hydroxyl groups is 1. The van der Waals surface area contributed by atoms with Crippen LogP contribution in [-0.2, 0) is 4.74 Å². The number of nitrogens with one attached hydrogen (secondary N) is 1. The van der Waals surface area contributed by atoms with Gasteiger partial charge in [-0.15, -0.1) is 0 Å². The average Bonchev–Trinajstić information content (AvgIpc) is 2.81. The highest BCUT2D eigenvalue weighted by atomic mass is 16.5. The highest BCUT2D eigenvalue weighted by Crippen LogP contribution is 2.26. The lowest BCUT2D eigenvalue weighted by atomic mass is 10.1. The van der Waals surface area contributed by atoms with Gasteiger partial charge in [0, 0.05) is 12.2 Å². The van der Waals surface area contributed by atoms with Crippen molar-refractivity contribution in [1.29, 1.82) is 0 Å². The molecule has 1 amide bonds. The minimum Gasteiger partial charge on any atom is -0.504 e. The molecule has 1 unspecified atom stereocenters. The number of benzene rings is 1. The quantitative estimate of drug-likeness (QED) is 0.820. The van der Waals surface area contributed by atoms with Crippen molar-refractivity contribution in [2.75, 3.05) is 20.3 Å². The van der Waals surface area contributed by atoms with Gasteiger partial charge >= 0.3 is 0 Å². The number of rotatable bonds is 3. The second-order valence-corrected chi connectivity index (χ2v) is 3.92. The van der Waals surface area contributed by atoms with Gasteiger partial charge in [-0.2, -0.15) is 0 Å². The van der Waals surface area contributed by atoms with Crippen molar-refractivity contribution in [2.45, 2.75) is 12.5 Å². The number of carbonyl (C=O) groups is 1. The lowest BCUT2D eigenvalue weighted by Gasteiger charge is -2.11. The zero-order chi connectivity index (χ0) is 12.3. The van der Waals surface area contributed by atoms with Gasteiger partial charge in [-0.1, -0.05) is 0 Å². The van der Waals surface area contributed by atoms with Crippen LogP contribution in [0.15, 0.2) is 18.2 Å². The lowest BCUT2D eigenvalue weighted by molar-refractivity contribution is 0.0929. The van der Waals surface area contributed by atoms with Crippen molar-refractivity contribution < 1.29 is 19.4 Å². The molecule has 1 heterocycles. The molecule has 1 aliphatic heterocycles. The molecular weight excluding hydrogens is 222 g/mol. The number of hydrogen-bond acceptors (Lipinski definition) is 4. The molecule has 0 spiro atoms. The Balaban J connectivity index is 2.05. The van der Waals surface area contributed by atoms with Crippen LogP contribution in [0.4, 0.5) is 0 Å². The first-order chi connectivity index (χ1) is 8.20. The first kappa shape index (κ1) is 11.7. The highest BCUT2D eigenvalue weighted by Gasteiger charge is 2.19. The summed E-state index contributed by atoms with van der Waals surface area (Å²) in [6, 6.07) is 4.63. The van der Waals surface area contributed by atoms with Gasteiger partial charge in [0.2, 0.25) is 0 Å². The van der Waals surface area contributed by atoms with E-state index < -0.39 is 0 Å². The average molecular weight is 237 g/mol. The molecule has 0 aliphatic carbocycles. The minimum absolute atomic E-state index is 0.0391. The number of carbonyl (C=O) groups excluding carboxylic acids is 1. The summed E-state index contributed by atoms with van der Waals surface area (Å²) in [4.78, 5) is 11.8. The van der Waals surface area contributed by atoms with E-state index in [9.17, 15) is 9.90 Å². The first-order valence-electron chi connectivity index (χ1n) is 5.46. The van der Waals surface area contributed by atoms with Gasteiger partial charge in [0.15, 0.2) is 11.5 Å². The zero-order valence-electron chi connectivity index (χ0n) is 9.60. The van der Waals surface area contributed by atoms with Crippen LogP contribution in [-0.4, -0.2) is 37.4 Å². The summed E-state index contributed by atoms with van der Waals surface area (Å²) >= 11 is 0. The maximum atomic E-state index is 11.8. The Morgan fingerprint density at radius 3 is 3.00 bits per heavy atom. The molecule has 5 nitrogen and oxygen atoms in total. The number of methoxy groups -OCH3 is 1. The molecule has 92 valence electrons. The van der Waals surface area contributed by atoms with E-state index in [0.717, 1.165) is 6.42 Å². The fourth-order valence-electron chi connectivity index (χ4n) is 1.75. The minimum atomic E-state index is -0.210. The van der Waals surface area contributed by atoms with E-state index >= 15 is 0 Å². The molecule has 1 fully saturated rings. The summed E-state index contributed by atoms with van der Waals surface area (Å²) in [5.74, 6) is 0.104. The number of phenolic OH excluding ortho intramolecular Hbond substituents is 1. The molecule has 0 bridgehead atoms. The first-order valence-corrected chi connectivity index (χ1v) is 5.46. The maximum absolute atomic E-state index is 11.8. The van der Waals surface area contributed by atoms with Crippen molar-refractivity contribution in [3.63, 3.8) is 0 Å². The maximum Gasteiger partial charge on any atom is 0.251 e. The fourth-order valence-corrected chi connectivity index (χ4v) is 1.75. The van der Waals surface area contributed by atoms with Gasteiger partial charge in [0.25, 0.3) is 5.91 Å². The van der Waals surface area contributed by atoms with E-state index in [-0.39, 0.29) is 17.7 Å². The third-order valence-electron chi connectivity index (χ3n) is 2.71. The van der Waals surface area contributed by atoms with E-state index in [0.29, 0.717) is 24.5 Å². The Hall–Kier alpha value is -1.75. The van der Waals surface area contributed by atoms with Crippen LogP contribution < -0.4 is 10.1 Å². The van der Waals surface area contributed by atoms with Crippen LogP contribution in [0.2, 0.25) is 0 Å². The molecule has 2 N–H and O–H groups in total. The van der Waals surface area contributed by atoms with Crippen molar-refractivity contribution >= 4 is 5.91 Å². The van der Waals surface area contributed by atoms with Gasteiger partial charge in [0.1, 0.15) is 0 Å². The van der Waals surface area contributed by atoms with E-state index in [1.165, 1.54) is 13.2 Å². The van der Waals surface area contributed by atoms with E-state index in [2.05, 4.69) is 5.32 Å². The molecule has 1 aliphatic rings. The molecule has 5 heteroatoms. The summed E-state index contributed by atoms with van der Waals surface area (Å²) in [5.41, 5.74) is 0.412. The van der Waals surface area contributed by atoms with Gasteiger partial charge in [-0.3, -0.25) is 4.79 Å². The van der Waals surface area contributed by atoms with E-state index in [1.807, 2.05) is 0 Å². The molecule has 1 saturated heterocycles. The summed E-state index contributed by atoms with van der Waals surface area (Å²) in [5, 5.41) is 12.4. The van der Waals surface area contributed by atoms with E-state index in [1.54, 1.807) is 12.1 Å². The molecule has 1 atom stereocenters. The van der Waals surface area contributed by atoms with Crippen LogP contribution >= 0.6 is 0 Å². The molecule has 1 aromatic carbocycles. The highest BCUT2D eigenvalue weighted by molar-refractivity contribution is 5.95. The van der Waals surface area contributed by atoms with Crippen molar-refractivity contribution in [3.8, 4) is 11.5 Å². The molecule has 0 radical (unpaired) electrons. The molecule has 1 aromatic rings. The summed E-state index contributed by atoms with van der Waals surface area (Å²) in [7, 11) is 1.46. The van der Waals surface area contributed by atoms with Gasteiger partial charge in [0.05, 0.1) is 19.8 Å². The standard InChI is InChI=1S/C12H15NO4/c1-16-11-3-2-8(6-10(11)14)12(15)13-9-4-5-17-7-9/h2-3,6,9,14H,4-5,7H2,1H3,(H,13,15). The Bertz CT molecular complexity index is 413. The monoisotopic (exact) mass is 237 g/mol. The predicted octanol–water partition coefficient (Wildman–Crippen LogP) is 0.919. The summed E-state index contributed by atoms with van der Waals surface area (Å²) in [6.07, 6.45) is 0.827. The zero-order valence-corrected chi connectivity index (χ0v) is 9.60. The molecule has 2 rings (SSSR count). The van der Waals surface area contributed by atoms with Gasteiger partial charge < -0.3 is 19.9 Å². The number of phenols is 1. The molecular formula is C12H15NO4. The Kier molecular flexibility index (Phi) is 3.49. The van der Waals surface area contributed by atoms with Crippen LogP contribution in [0.25, 0.3) is 0 Å². The normalized spacial score (nSPS) is 19.0. The number of ether oxygens (including phenoxy) is 2. The van der Waals surface area contributed by atoms with Crippen LogP contribution in [0.3, 0.4) is 0 Å². The third-order valence-corrected chi connectivity index (χ3v) is 2.71. The lowest BCUT2D eigenvalue weighted by Crippen LogP contribution is -2.34. The molecule has 0 saturated carbocycles. The Morgan fingerprint density at radius 2 is 2.41 bits per heavy atom. The predicted molar refractivity (Wildman–Crippen MR) is 61.3 cm³/mol. The van der Waals surface area contributed by atoms with E-state index in [4.69, 9.17) is 9.47 Å². The second-order valence-electron chi connectivity index (χ2n) is 3.92. The van der Waals surface area contributed by atoms with Gasteiger partial charge in [-0.05, 0) is 24.6 Å². The number of hydrogen-bond donors (Lipinski definition) is 2. The van der Waals surface area contributed by atoms with Crippen LogP contribution in [0, 0.1) is 0 Å². The van der Waals surface area contributed by atoms with Crippen LogP contribution in [0.5, 0.6) is 11.5 Å². The Morgan fingerprint density at radius 1 is 1.59 bits per heavy atom. The Labute approximate surface area is 99.3 Å². The smallest absolute Gasteiger partial charge is 0.251 e. The fraction of sp³-hybridized carbons (Fsp3) is 0.417. The summed E-state index contributed by atoms with van der Waals surface area (Å²) < 4.78 is 10.1. The van der Waals surface area contributed by atoms with Crippen molar-refractivity contribution in [3.05, 3.63) is 23.8 Å². The largest absolute Gasteiger partial charge is 0.504 e.